The lowest BCUT2D eigenvalue weighted by Crippen LogP contribution is -2.09. The molecule has 0 aliphatic heterocycles. The number of para-hydroxylation sites is 4. The molecule has 0 aliphatic carbocycles. The summed E-state index contributed by atoms with van der Waals surface area (Å²) >= 11 is 0. The van der Waals surface area contributed by atoms with Crippen LogP contribution >= 0.6 is 0 Å². The minimum atomic E-state index is 0.935. The summed E-state index contributed by atoms with van der Waals surface area (Å²) in [5, 5.41) is 0. The highest BCUT2D eigenvalue weighted by atomic mass is 15.1. The van der Waals surface area contributed by atoms with Crippen molar-refractivity contribution in [3.05, 3.63) is 60.2 Å². The van der Waals surface area contributed by atoms with E-state index in [2.05, 4.69) is 71.5 Å². The molecular formula is C32H46N4. The second-order valence-corrected chi connectivity index (χ2v) is 10.4. The van der Waals surface area contributed by atoms with Gasteiger partial charge >= 0.3 is 0 Å². The van der Waals surface area contributed by atoms with Crippen molar-refractivity contribution in [1.82, 2.24) is 19.1 Å². The molecule has 2 heterocycles. The summed E-state index contributed by atoms with van der Waals surface area (Å²) in [6.07, 6.45) is 17.7. The zero-order valence-electron chi connectivity index (χ0n) is 22.7. The van der Waals surface area contributed by atoms with Crippen molar-refractivity contribution >= 4 is 22.1 Å². The van der Waals surface area contributed by atoms with Crippen molar-refractivity contribution in [2.24, 2.45) is 0 Å². The number of hydrogen-bond acceptors (Lipinski definition) is 2. The Hall–Kier alpha value is -2.62. The minimum absolute atomic E-state index is 0.935. The van der Waals surface area contributed by atoms with E-state index >= 15 is 0 Å². The maximum absolute atomic E-state index is 5.07. The summed E-state index contributed by atoms with van der Waals surface area (Å²) in [5.41, 5.74) is 4.81. The molecule has 36 heavy (non-hydrogen) atoms. The Kier molecular flexibility index (Phi) is 10.4. The van der Waals surface area contributed by atoms with E-state index in [-0.39, 0.29) is 0 Å². The van der Waals surface area contributed by atoms with E-state index in [1.807, 2.05) is 0 Å². The van der Waals surface area contributed by atoms with Crippen LogP contribution in [0.25, 0.3) is 22.1 Å². The first-order valence-corrected chi connectivity index (χ1v) is 14.7. The normalized spacial score (nSPS) is 11.7. The van der Waals surface area contributed by atoms with Crippen molar-refractivity contribution in [2.45, 2.75) is 117 Å². The van der Waals surface area contributed by atoms with Gasteiger partial charge in [-0.1, -0.05) is 102 Å². The molecule has 0 unspecified atom stereocenters. The number of aryl methyl sites for hydroxylation is 4. The number of rotatable bonds is 17. The molecule has 2 aromatic carbocycles. The molecule has 0 fully saturated rings. The molecule has 0 spiro atoms. The maximum Gasteiger partial charge on any atom is 0.110 e. The van der Waals surface area contributed by atoms with Crippen LogP contribution in [0.2, 0.25) is 0 Å². The SMILES string of the molecule is CCCCCCCCn1c(CCc2nc3ccccc3n2CCCCCCCC)nc2ccccc21. The van der Waals surface area contributed by atoms with Crippen LogP contribution in [0.4, 0.5) is 0 Å². The molecule has 0 aliphatic rings. The first-order chi connectivity index (χ1) is 17.8. The van der Waals surface area contributed by atoms with Gasteiger partial charge in [-0.3, -0.25) is 0 Å². The predicted octanol–water partition coefficient (Wildman–Crippen LogP) is 8.89. The topological polar surface area (TPSA) is 35.6 Å². The molecule has 0 saturated heterocycles. The Balaban J connectivity index is 1.45. The van der Waals surface area contributed by atoms with Gasteiger partial charge in [-0.05, 0) is 37.1 Å². The highest BCUT2D eigenvalue weighted by Gasteiger charge is 2.14. The highest BCUT2D eigenvalue weighted by molar-refractivity contribution is 5.76. The summed E-state index contributed by atoms with van der Waals surface area (Å²) in [4.78, 5) is 10.1. The van der Waals surface area contributed by atoms with Gasteiger partial charge in [0.25, 0.3) is 0 Å². The standard InChI is InChI=1S/C32H46N4/c1-3-5-7-9-11-17-25-35-29-21-15-13-19-27(29)33-31(35)23-24-32-34-28-20-14-16-22-30(28)36(32)26-18-12-10-8-6-4-2/h13-16,19-22H,3-12,17-18,23-26H2,1-2H3. The van der Waals surface area contributed by atoms with Gasteiger partial charge < -0.3 is 9.13 Å². The molecule has 0 saturated carbocycles. The van der Waals surface area contributed by atoms with Crippen molar-refractivity contribution in [1.29, 1.82) is 0 Å². The molecule has 0 amide bonds. The van der Waals surface area contributed by atoms with Crippen LogP contribution in [-0.4, -0.2) is 19.1 Å². The Morgan fingerprint density at radius 2 is 0.889 bits per heavy atom. The lowest BCUT2D eigenvalue weighted by atomic mass is 10.1. The maximum atomic E-state index is 5.07. The third-order valence-corrected chi connectivity index (χ3v) is 7.51. The summed E-state index contributed by atoms with van der Waals surface area (Å²) in [5.74, 6) is 2.42. The van der Waals surface area contributed by atoms with E-state index in [1.165, 1.54) is 99.7 Å². The van der Waals surface area contributed by atoms with Gasteiger partial charge in [0.05, 0.1) is 22.1 Å². The third kappa shape index (κ3) is 6.99. The highest BCUT2D eigenvalue weighted by Crippen LogP contribution is 2.22. The lowest BCUT2D eigenvalue weighted by molar-refractivity contribution is 0.542. The summed E-state index contributed by atoms with van der Waals surface area (Å²) in [6.45, 7) is 6.70. The number of unbranched alkanes of at least 4 members (excludes halogenated alkanes) is 10. The van der Waals surface area contributed by atoms with Gasteiger partial charge in [-0.2, -0.15) is 0 Å². The predicted molar refractivity (Wildman–Crippen MR) is 154 cm³/mol. The lowest BCUT2D eigenvalue weighted by Gasteiger charge is -2.11. The van der Waals surface area contributed by atoms with Gasteiger partial charge in [0.2, 0.25) is 0 Å². The fraction of sp³-hybridized carbons (Fsp3) is 0.562. The van der Waals surface area contributed by atoms with Gasteiger partial charge in [0.1, 0.15) is 11.6 Å². The van der Waals surface area contributed by atoms with Crippen LogP contribution in [-0.2, 0) is 25.9 Å². The molecule has 4 heteroatoms. The Bertz CT molecular complexity index is 1090. The zero-order chi connectivity index (χ0) is 25.0. The summed E-state index contributed by atoms with van der Waals surface area (Å²) in [7, 11) is 0. The van der Waals surface area contributed by atoms with Crippen LogP contribution in [0.3, 0.4) is 0 Å². The fourth-order valence-corrected chi connectivity index (χ4v) is 5.46. The summed E-state index contributed by atoms with van der Waals surface area (Å²) in [6, 6.07) is 17.3. The molecule has 4 aromatic rings. The van der Waals surface area contributed by atoms with Crippen LogP contribution in [0.5, 0.6) is 0 Å². The van der Waals surface area contributed by atoms with Crippen molar-refractivity contribution in [2.75, 3.05) is 0 Å². The zero-order valence-corrected chi connectivity index (χ0v) is 22.7. The van der Waals surface area contributed by atoms with Gasteiger partial charge in [-0.25, -0.2) is 9.97 Å². The van der Waals surface area contributed by atoms with Crippen molar-refractivity contribution < 1.29 is 0 Å². The number of nitrogens with zero attached hydrogens (tertiary/aromatic N) is 4. The van der Waals surface area contributed by atoms with Crippen LogP contribution < -0.4 is 0 Å². The Morgan fingerprint density at radius 1 is 0.500 bits per heavy atom. The molecular weight excluding hydrogens is 440 g/mol. The van der Waals surface area contributed by atoms with Gasteiger partial charge in [-0.15, -0.1) is 0 Å². The van der Waals surface area contributed by atoms with E-state index in [9.17, 15) is 0 Å². The van der Waals surface area contributed by atoms with E-state index in [0.717, 1.165) is 37.0 Å². The molecule has 0 bridgehead atoms. The van der Waals surface area contributed by atoms with Gasteiger partial charge in [0, 0.05) is 25.9 Å². The van der Waals surface area contributed by atoms with E-state index in [1.54, 1.807) is 0 Å². The van der Waals surface area contributed by atoms with Crippen molar-refractivity contribution in [3.8, 4) is 0 Å². The smallest absolute Gasteiger partial charge is 0.110 e. The number of imidazole rings is 2. The minimum Gasteiger partial charge on any atom is -0.328 e. The Morgan fingerprint density at radius 3 is 1.33 bits per heavy atom. The second-order valence-electron chi connectivity index (χ2n) is 10.4. The molecule has 2 aromatic heterocycles. The monoisotopic (exact) mass is 486 g/mol. The fourth-order valence-electron chi connectivity index (χ4n) is 5.46. The van der Waals surface area contributed by atoms with E-state index in [4.69, 9.17) is 9.97 Å². The van der Waals surface area contributed by atoms with Crippen LogP contribution in [0, 0.1) is 0 Å². The first-order valence-electron chi connectivity index (χ1n) is 14.7. The van der Waals surface area contributed by atoms with E-state index in [0.29, 0.717) is 0 Å². The largest absolute Gasteiger partial charge is 0.328 e. The average molecular weight is 487 g/mol. The number of benzene rings is 2. The average Bonchev–Trinajstić information content (AvgIpc) is 3.44. The van der Waals surface area contributed by atoms with Crippen LogP contribution in [0.1, 0.15) is 103 Å². The first kappa shape index (κ1) is 26.4. The molecule has 0 N–H and O–H groups in total. The number of aromatic nitrogens is 4. The van der Waals surface area contributed by atoms with Gasteiger partial charge in [0.15, 0.2) is 0 Å². The number of fused-ring (bicyclic) bond motifs is 2. The second kappa shape index (κ2) is 14.2. The molecule has 194 valence electrons. The van der Waals surface area contributed by atoms with Crippen LogP contribution in [0.15, 0.2) is 48.5 Å². The molecule has 4 nitrogen and oxygen atoms in total. The molecule has 0 atom stereocenters. The summed E-state index contributed by atoms with van der Waals surface area (Å²) < 4.78 is 4.96. The molecule has 0 radical (unpaired) electrons. The molecule has 4 rings (SSSR count). The number of hydrogen-bond donors (Lipinski definition) is 0. The quantitative estimate of drug-likeness (QED) is 0.140. The third-order valence-electron chi connectivity index (χ3n) is 7.51. The van der Waals surface area contributed by atoms with E-state index < -0.39 is 0 Å². The van der Waals surface area contributed by atoms with Crippen molar-refractivity contribution in [3.63, 3.8) is 0 Å². The Labute approximate surface area is 218 Å².